The molecule has 0 aliphatic rings. The highest BCUT2D eigenvalue weighted by Gasteiger charge is 2.20. The highest BCUT2D eigenvalue weighted by Crippen LogP contribution is 2.22. The smallest absolute Gasteiger partial charge is 0.263 e. The average Bonchev–Trinajstić information content (AvgIpc) is 2.30. The molecule has 0 fully saturated rings. The van der Waals surface area contributed by atoms with Crippen LogP contribution < -0.4 is 0 Å². The predicted octanol–water partition coefficient (Wildman–Crippen LogP) is 2.17. The summed E-state index contributed by atoms with van der Waals surface area (Å²) in [5.41, 5.74) is -0.0826. The Labute approximate surface area is 71.8 Å². The molecule has 0 radical (unpaired) electrons. The van der Waals surface area contributed by atoms with Crippen molar-refractivity contribution in [2.24, 2.45) is 0 Å². The molecule has 0 unspecified atom stereocenters. The van der Waals surface area contributed by atoms with Crippen LogP contribution in [0.25, 0.3) is 0 Å². The fraction of sp³-hybridized carbons (Fsp3) is 0.556. The number of rotatable bonds is 1. The first-order valence-corrected chi connectivity index (χ1v) is 3.88. The van der Waals surface area contributed by atoms with E-state index in [1.807, 2.05) is 20.8 Å². The second-order valence-corrected chi connectivity index (χ2v) is 3.84. The summed E-state index contributed by atoms with van der Waals surface area (Å²) < 4.78 is 5.25. The summed E-state index contributed by atoms with van der Waals surface area (Å²) in [4.78, 5) is 14.7. The molecule has 0 aliphatic heterocycles. The Kier molecular flexibility index (Phi) is 2.04. The van der Waals surface area contributed by atoms with Crippen LogP contribution in [0.1, 0.15) is 44.1 Å². The molecule has 0 atom stereocenters. The first-order valence-electron chi connectivity index (χ1n) is 3.88. The Balaban J connectivity index is 3.00. The maximum absolute atomic E-state index is 10.8. The van der Waals surface area contributed by atoms with Crippen LogP contribution in [0.15, 0.2) is 10.6 Å². The third-order valence-electron chi connectivity index (χ3n) is 1.55. The van der Waals surface area contributed by atoms with Gasteiger partial charge >= 0.3 is 0 Å². The minimum atomic E-state index is -0.134. The summed E-state index contributed by atoms with van der Waals surface area (Å²) in [5, 5.41) is 0. The minimum absolute atomic E-state index is 0.0826. The molecule has 66 valence electrons. The van der Waals surface area contributed by atoms with Crippen LogP contribution in [0.2, 0.25) is 0 Å². The Morgan fingerprint density at radius 2 is 2.08 bits per heavy atom. The summed E-state index contributed by atoms with van der Waals surface area (Å²) in [6.07, 6.45) is 1.61. The molecule has 0 bridgehead atoms. The van der Waals surface area contributed by atoms with Gasteiger partial charge in [0.05, 0.1) is 6.20 Å². The van der Waals surface area contributed by atoms with Crippen molar-refractivity contribution in [3.05, 3.63) is 17.8 Å². The van der Waals surface area contributed by atoms with Crippen molar-refractivity contribution in [3.63, 3.8) is 0 Å². The summed E-state index contributed by atoms with van der Waals surface area (Å²) in [6, 6.07) is 0. The number of carbonyl (C=O) groups excluding carboxylic acids is 1. The highest BCUT2D eigenvalue weighted by atomic mass is 16.4. The maximum Gasteiger partial charge on any atom is 0.263 e. The zero-order valence-electron chi connectivity index (χ0n) is 7.84. The van der Waals surface area contributed by atoms with E-state index in [1.165, 1.54) is 6.92 Å². The molecule has 0 aliphatic carbocycles. The number of carbonyl (C=O) groups is 1. The summed E-state index contributed by atoms with van der Waals surface area (Å²) in [6.45, 7) is 7.48. The van der Waals surface area contributed by atoms with Gasteiger partial charge in [0.25, 0.3) is 5.89 Å². The number of oxazole rings is 1. The molecule has 1 aromatic heterocycles. The van der Waals surface area contributed by atoms with E-state index in [4.69, 9.17) is 4.42 Å². The highest BCUT2D eigenvalue weighted by molar-refractivity contribution is 5.89. The van der Waals surface area contributed by atoms with Crippen molar-refractivity contribution in [2.75, 3.05) is 0 Å². The summed E-state index contributed by atoms with van der Waals surface area (Å²) >= 11 is 0. The monoisotopic (exact) mass is 167 g/mol. The van der Waals surface area contributed by atoms with Crippen LogP contribution in [-0.4, -0.2) is 10.8 Å². The van der Waals surface area contributed by atoms with E-state index >= 15 is 0 Å². The van der Waals surface area contributed by atoms with Crippen molar-refractivity contribution in [1.29, 1.82) is 0 Å². The van der Waals surface area contributed by atoms with Crippen LogP contribution in [0.3, 0.4) is 0 Å². The zero-order valence-corrected chi connectivity index (χ0v) is 7.84. The molecule has 0 saturated carbocycles. The van der Waals surface area contributed by atoms with Gasteiger partial charge in [0.2, 0.25) is 5.78 Å². The standard InChI is InChI=1S/C9H13NO2/c1-6(11)8-10-5-7(12-8)9(2,3)4/h5H,1-4H3. The summed E-state index contributed by atoms with van der Waals surface area (Å²) in [5.74, 6) is 0.804. The molecule has 3 nitrogen and oxygen atoms in total. The molecular formula is C9H13NO2. The largest absolute Gasteiger partial charge is 0.438 e. The van der Waals surface area contributed by atoms with Gasteiger partial charge in [-0.25, -0.2) is 4.98 Å². The fourth-order valence-corrected chi connectivity index (χ4v) is 0.784. The zero-order chi connectivity index (χ0) is 9.35. The molecule has 12 heavy (non-hydrogen) atoms. The lowest BCUT2D eigenvalue weighted by Crippen LogP contribution is -2.09. The molecule has 3 heteroatoms. The van der Waals surface area contributed by atoms with E-state index in [-0.39, 0.29) is 17.1 Å². The molecule has 1 rings (SSSR count). The topological polar surface area (TPSA) is 43.1 Å². The van der Waals surface area contributed by atoms with Crippen LogP contribution in [0, 0.1) is 0 Å². The Morgan fingerprint density at radius 1 is 1.50 bits per heavy atom. The number of aromatic nitrogens is 1. The van der Waals surface area contributed by atoms with Crippen molar-refractivity contribution in [1.82, 2.24) is 4.98 Å². The van der Waals surface area contributed by atoms with Gasteiger partial charge in [0, 0.05) is 12.3 Å². The van der Waals surface area contributed by atoms with Gasteiger partial charge in [-0.1, -0.05) is 20.8 Å². The molecule has 1 aromatic rings. The normalized spacial score (nSPS) is 11.7. The van der Waals surface area contributed by atoms with E-state index in [0.29, 0.717) is 0 Å². The van der Waals surface area contributed by atoms with Gasteiger partial charge in [-0.3, -0.25) is 4.79 Å². The van der Waals surface area contributed by atoms with Crippen LogP contribution in [0.5, 0.6) is 0 Å². The molecule has 1 heterocycles. The summed E-state index contributed by atoms with van der Waals surface area (Å²) in [7, 11) is 0. The van der Waals surface area contributed by atoms with Gasteiger partial charge in [0.1, 0.15) is 5.76 Å². The number of ketones is 1. The lowest BCUT2D eigenvalue weighted by Gasteiger charge is -2.12. The van der Waals surface area contributed by atoms with Crippen molar-refractivity contribution in [2.45, 2.75) is 33.1 Å². The molecular weight excluding hydrogens is 154 g/mol. The predicted molar refractivity (Wildman–Crippen MR) is 45.2 cm³/mol. The minimum Gasteiger partial charge on any atom is -0.438 e. The Morgan fingerprint density at radius 3 is 2.33 bits per heavy atom. The van der Waals surface area contributed by atoms with E-state index in [0.717, 1.165) is 5.76 Å². The molecule has 0 spiro atoms. The fourth-order valence-electron chi connectivity index (χ4n) is 0.784. The SMILES string of the molecule is CC(=O)c1ncc(C(C)(C)C)o1. The van der Waals surface area contributed by atoms with Crippen molar-refractivity contribution < 1.29 is 9.21 Å². The number of Topliss-reactive ketones (excluding diaryl/α,β-unsaturated/α-hetero) is 1. The van der Waals surface area contributed by atoms with Crippen LogP contribution in [-0.2, 0) is 5.41 Å². The van der Waals surface area contributed by atoms with Gasteiger partial charge in [0.15, 0.2) is 0 Å². The first-order chi connectivity index (χ1) is 5.41. The van der Waals surface area contributed by atoms with Gasteiger partial charge in [-0.05, 0) is 0 Å². The Hall–Kier alpha value is -1.12. The van der Waals surface area contributed by atoms with Gasteiger partial charge in [-0.15, -0.1) is 0 Å². The molecule has 0 N–H and O–H groups in total. The van der Waals surface area contributed by atoms with Gasteiger partial charge < -0.3 is 4.42 Å². The van der Waals surface area contributed by atoms with E-state index < -0.39 is 0 Å². The van der Waals surface area contributed by atoms with Crippen LogP contribution in [0.4, 0.5) is 0 Å². The number of hydrogen-bond donors (Lipinski definition) is 0. The van der Waals surface area contributed by atoms with Crippen molar-refractivity contribution >= 4 is 5.78 Å². The lowest BCUT2D eigenvalue weighted by atomic mass is 9.94. The maximum atomic E-state index is 10.8. The number of nitrogens with zero attached hydrogens (tertiary/aromatic N) is 1. The van der Waals surface area contributed by atoms with Crippen LogP contribution >= 0.6 is 0 Å². The van der Waals surface area contributed by atoms with E-state index in [1.54, 1.807) is 6.20 Å². The molecule has 0 saturated heterocycles. The van der Waals surface area contributed by atoms with Crippen molar-refractivity contribution in [3.8, 4) is 0 Å². The first kappa shape index (κ1) is 8.97. The Bertz CT molecular complexity index is 294. The number of hydrogen-bond acceptors (Lipinski definition) is 3. The lowest BCUT2D eigenvalue weighted by molar-refractivity contribution is 0.0977. The quantitative estimate of drug-likeness (QED) is 0.602. The third-order valence-corrected chi connectivity index (χ3v) is 1.55. The molecule has 0 aromatic carbocycles. The second kappa shape index (κ2) is 2.73. The van der Waals surface area contributed by atoms with E-state index in [2.05, 4.69) is 4.98 Å². The van der Waals surface area contributed by atoms with E-state index in [9.17, 15) is 4.79 Å². The second-order valence-electron chi connectivity index (χ2n) is 3.84. The third kappa shape index (κ3) is 1.72. The van der Waals surface area contributed by atoms with Gasteiger partial charge in [-0.2, -0.15) is 0 Å². The molecule has 0 amide bonds. The average molecular weight is 167 g/mol.